The lowest BCUT2D eigenvalue weighted by atomic mass is 10.2. The molecule has 2 aromatic carbocycles. The molecule has 0 fully saturated rings. The predicted molar refractivity (Wildman–Crippen MR) is 79.9 cm³/mol. The highest BCUT2D eigenvalue weighted by Gasteiger charge is 2.11. The van der Waals surface area contributed by atoms with Crippen LogP contribution in [0.5, 0.6) is 0 Å². The minimum Gasteiger partial charge on any atom is -0.436 e. The van der Waals surface area contributed by atoms with Crippen molar-refractivity contribution in [3.8, 4) is 11.5 Å². The van der Waals surface area contributed by atoms with Crippen molar-refractivity contribution in [1.29, 1.82) is 0 Å². The van der Waals surface area contributed by atoms with E-state index < -0.39 is 0 Å². The first kappa shape index (κ1) is 11.7. The first-order valence-corrected chi connectivity index (χ1v) is 6.16. The van der Waals surface area contributed by atoms with Gasteiger partial charge in [0.15, 0.2) is 10.7 Å². The number of fused-ring (bicyclic) bond motifs is 1. The Bertz CT molecular complexity index is 737. The molecule has 3 rings (SSSR count). The number of hydrogen-bond acceptors (Lipinski definition) is 3. The first-order valence-electron chi connectivity index (χ1n) is 5.75. The lowest BCUT2D eigenvalue weighted by Crippen LogP contribution is -2.18. The van der Waals surface area contributed by atoms with Crippen LogP contribution in [0.1, 0.15) is 0 Å². The molecule has 0 radical (unpaired) electrons. The van der Waals surface area contributed by atoms with E-state index in [9.17, 15) is 0 Å². The highest BCUT2D eigenvalue weighted by atomic mass is 32.1. The van der Waals surface area contributed by atoms with E-state index in [2.05, 4.69) is 10.3 Å². The SMILES string of the molecule is NC(=S)Nc1cccc2oc(-c3ccccc3)nc12. The Morgan fingerprint density at radius 1 is 1.11 bits per heavy atom. The van der Waals surface area contributed by atoms with Crippen molar-refractivity contribution >= 4 is 34.1 Å². The zero-order valence-corrected chi connectivity index (χ0v) is 10.8. The van der Waals surface area contributed by atoms with E-state index in [4.69, 9.17) is 22.4 Å². The monoisotopic (exact) mass is 269 g/mol. The normalized spacial score (nSPS) is 10.5. The number of thiocarbonyl (C=S) groups is 1. The van der Waals surface area contributed by atoms with Crippen molar-refractivity contribution in [3.05, 3.63) is 48.5 Å². The molecule has 0 aliphatic heterocycles. The van der Waals surface area contributed by atoms with E-state index in [1.165, 1.54) is 0 Å². The maximum absolute atomic E-state index is 5.74. The molecule has 0 aliphatic carbocycles. The Morgan fingerprint density at radius 3 is 2.63 bits per heavy atom. The van der Waals surface area contributed by atoms with Gasteiger partial charge in [-0.3, -0.25) is 0 Å². The second kappa shape index (κ2) is 4.70. The fourth-order valence-corrected chi connectivity index (χ4v) is 2.00. The van der Waals surface area contributed by atoms with Crippen molar-refractivity contribution in [2.45, 2.75) is 0 Å². The van der Waals surface area contributed by atoms with Gasteiger partial charge < -0.3 is 15.5 Å². The minimum atomic E-state index is 0.205. The van der Waals surface area contributed by atoms with Gasteiger partial charge in [-0.15, -0.1) is 0 Å². The molecule has 0 atom stereocenters. The van der Waals surface area contributed by atoms with E-state index in [0.717, 1.165) is 11.3 Å². The largest absolute Gasteiger partial charge is 0.436 e. The van der Waals surface area contributed by atoms with E-state index in [1.807, 2.05) is 48.5 Å². The number of hydrogen-bond donors (Lipinski definition) is 2. The summed E-state index contributed by atoms with van der Waals surface area (Å²) in [7, 11) is 0. The van der Waals surface area contributed by atoms with E-state index in [-0.39, 0.29) is 5.11 Å². The van der Waals surface area contributed by atoms with Crippen LogP contribution in [0, 0.1) is 0 Å². The molecule has 1 aromatic heterocycles. The van der Waals surface area contributed by atoms with E-state index in [0.29, 0.717) is 17.0 Å². The molecule has 0 spiro atoms. The fourth-order valence-electron chi connectivity index (χ4n) is 1.89. The van der Waals surface area contributed by atoms with Crippen LogP contribution in [-0.2, 0) is 0 Å². The highest BCUT2D eigenvalue weighted by molar-refractivity contribution is 7.80. The quantitative estimate of drug-likeness (QED) is 0.700. The topological polar surface area (TPSA) is 64.1 Å². The summed E-state index contributed by atoms with van der Waals surface area (Å²) in [6.45, 7) is 0. The third-order valence-corrected chi connectivity index (χ3v) is 2.80. The molecule has 0 unspecified atom stereocenters. The smallest absolute Gasteiger partial charge is 0.227 e. The average molecular weight is 269 g/mol. The molecular formula is C14H11N3OS. The molecule has 0 saturated heterocycles. The number of aromatic nitrogens is 1. The molecule has 0 amide bonds. The lowest BCUT2D eigenvalue weighted by Gasteiger charge is -2.02. The maximum atomic E-state index is 5.74. The van der Waals surface area contributed by atoms with Gasteiger partial charge in [-0.1, -0.05) is 24.3 Å². The number of rotatable bonds is 2. The molecule has 19 heavy (non-hydrogen) atoms. The van der Waals surface area contributed by atoms with Crippen LogP contribution in [0.3, 0.4) is 0 Å². The van der Waals surface area contributed by atoms with Gasteiger partial charge in [-0.05, 0) is 36.5 Å². The second-order valence-corrected chi connectivity index (χ2v) is 4.47. The van der Waals surface area contributed by atoms with E-state index >= 15 is 0 Å². The molecule has 1 heterocycles. The summed E-state index contributed by atoms with van der Waals surface area (Å²) in [4.78, 5) is 4.49. The van der Waals surface area contributed by atoms with Crippen LogP contribution < -0.4 is 11.1 Å². The minimum absolute atomic E-state index is 0.205. The molecule has 3 aromatic rings. The number of nitrogens with one attached hydrogen (secondary N) is 1. The standard InChI is InChI=1S/C14H11N3OS/c15-14(19)16-10-7-4-8-11-12(10)17-13(18-11)9-5-2-1-3-6-9/h1-8H,(H3,15,16,19). The summed E-state index contributed by atoms with van der Waals surface area (Å²) < 4.78 is 5.74. The zero-order chi connectivity index (χ0) is 13.2. The zero-order valence-electron chi connectivity index (χ0n) is 9.96. The first-order chi connectivity index (χ1) is 9.24. The van der Waals surface area contributed by atoms with E-state index in [1.54, 1.807) is 0 Å². The van der Waals surface area contributed by atoms with Crippen LogP contribution in [0.15, 0.2) is 52.9 Å². The molecule has 3 N–H and O–H groups in total. The van der Waals surface area contributed by atoms with Gasteiger partial charge in [0.25, 0.3) is 0 Å². The Morgan fingerprint density at radius 2 is 1.89 bits per heavy atom. The Kier molecular flexibility index (Phi) is 2.89. The molecule has 94 valence electrons. The van der Waals surface area contributed by atoms with Gasteiger partial charge in [0.2, 0.25) is 5.89 Å². The predicted octanol–water partition coefficient (Wildman–Crippen LogP) is 3.15. The van der Waals surface area contributed by atoms with Gasteiger partial charge in [0.05, 0.1) is 5.69 Å². The van der Waals surface area contributed by atoms with Crippen LogP contribution >= 0.6 is 12.2 Å². The number of para-hydroxylation sites is 1. The van der Waals surface area contributed by atoms with Gasteiger partial charge in [-0.25, -0.2) is 4.98 Å². The second-order valence-electron chi connectivity index (χ2n) is 4.03. The summed E-state index contributed by atoms with van der Waals surface area (Å²) in [5.41, 5.74) is 8.58. The van der Waals surface area contributed by atoms with Gasteiger partial charge in [0, 0.05) is 5.56 Å². The number of anilines is 1. The summed E-state index contributed by atoms with van der Waals surface area (Å²) in [5.74, 6) is 0.577. The Balaban J connectivity index is 2.13. The number of oxazole rings is 1. The van der Waals surface area contributed by atoms with Crippen LogP contribution in [0.25, 0.3) is 22.6 Å². The average Bonchev–Trinajstić information content (AvgIpc) is 2.84. The molecule has 0 aliphatic rings. The van der Waals surface area contributed by atoms with Crippen LogP contribution in [-0.4, -0.2) is 10.1 Å². The third-order valence-electron chi connectivity index (χ3n) is 2.70. The Hall–Kier alpha value is -2.40. The van der Waals surface area contributed by atoms with Crippen molar-refractivity contribution in [3.63, 3.8) is 0 Å². The van der Waals surface area contributed by atoms with Gasteiger partial charge >= 0.3 is 0 Å². The Labute approximate surface area is 115 Å². The van der Waals surface area contributed by atoms with Crippen molar-refractivity contribution in [2.24, 2.45) is 5.73 Å². The fraction of sp³-hybridized carbons (Fsp3) is 0. The lowest BCUT2D eigenvalue weighted by molar-refractivity contribution is 0.620. The summed E-state index contributed by atoms with van der Waals surface area (Å²) in [6.07, 6.45) is 0. The molecule has 4 nitrogen and oxygen atoms in total. The van der Waals surface area contributed by atoms with Crippen LogP contribution in [0.2, 0.25) is 0 Å². The van der Waals surface area contributed by atoms with Gasteiger partial charge in [-0.2, -0.15) is 0 Å². The summed E-state index contributed by atoms with van der Waals surface area (Å²) >= 11 is 4.85. The maximum Gasteiger partial charge on any atom is 0.227 e. The van der Waals surface area contributed by atoms with Crippen molar-refractivity contribution < 1.29 is 4.42 Å². The number of nitrogens with two attached hydrogens (primary N) is 1. The summed E-state index contributed by atoms with van der Waals surface area (Å²) in [5, 5.41) is 3.10. The molecule has 5 heteroatoms. The molecule has 0 saturated carbocycles. The summed E-state index contributed by atoms with van der Waals surface area (Å²) in [6, 6.07) is 15.3. The number of nitrogens with zero attached hydrogens (tertiary/aromatic N) is 1. The third kappa shape index (κ3) is 2.28. The van der Waals surface area contributed by atoms with Crippen LogP contribution in [0.4, 0.5) is 5.69 Å². The molecular weight excluding hydrogens is 258 g/mol. The van der Waals surface area contributed by atoms with Crippen molar-refractivity contribution in [1.82, 2.24) is 4.98 Å². The number of benzene rings is 2. The molecule has 0 bridgehead atoms. The van der Waals surface area contributed by atoms with Gasteiger partial charge in [0.1, 0.15) is 5.52 Å². The van der Waals surface area contributed by atoms with Crippen molar-refractivity contribution in [2.75, 3.05) is 5.32 Å². The highest BCUT2D eigenvalue weighted by Crippen LogP contribution is 2.28.